The highest BCUT2D eigenvalue weighted by molar-refractivity contribution is 5.95. The smallest absolute Gasteiger partial charge is 0.394 e. The zero-order valence-corrected chi connectivity index (χ0v) is 23.5. The topological polar surface area (TPSA) is 85.6 Å². The lowest BCUT2D eigenvalue weighted by Crippen LogP contribution is -2.45. The molecule has 7 nitrogen and oxygen atoms in total. The number of rotatable bonds is 11. The molecule has 224 valence electrons. The fourth-order valence-corrected chi connectivity index (χ4v) is 4.93. The molecule has 2 N–H and O–H groups in total. The van der Waals surface area contributed by atoms with Crippen LogP contribution in [0.4, 0.5) is 22.0 Å². The molecule has 0 spiro atoms. The molecular weight excluding hydrogens is 537 g/mol. The Balaban J connectivity index is 1.98. The number of aromatic nitrogens is 2. The molecule has 0 bridgehead atoms. The van der Waals surface area contributed by atoms with Gasteiger partial charge in [0.25, 0.3) is 5.91 Å². The second-order valence-electron chi connectivity index (χ2n) is 11.4. The summed E-state index contributed by atoms with van der Waals surface area (Å²) in [7, 11) is 1.47. The molecule has 0 aliphatic heterocycles. The summed E-state index contributed by atoms with van der Waals surface area (Å²) in [5.74, 6) is -0.362. The van der Waals surface area contributed by atoms with Crippen LogP contribution in [0, 0.1) is 18.3 Å². The highest BCUT2D eigenvalue weighted by atomic mass is 19.4. The van der Waals surface area contributed by atoms with Crippen molar-refractivity contribution in [2.24, 2.45) is 11.3 Å². The van der Waals surface area contributed by atoms with Gasteiger partial charge >= 0.3 is 12.8 Å². The number of nitrogens with zero attached hydrogens (tertiary/aromatic N) is 2. The highest BCUT2D eigenvalue weighted by Crippen LogP contribution is 2.42. The van der Waals surface area contributed by atoms with Crippen LogP contribution >= 0.6 is 0 Å². The average Bonchev–Trinajstić information content (AvgIpc) is 3.18. The van der Waals surface area contributed by atoms with E-state index in [1.54, 1.807) is 6.92 Å². The van der Waals surface area contributed by atoms with Crippen molar-refractivity contribution in [2.75, 3.05) is 20.3 Å². The van der Waals surface area contributed by atoms with Gasteiger partial charge in [-0.05, 0) is 62.6 Å². The van der Waals surface area contributed by atoms with Gasteiger partial charge in [0.05, 0.1) is 29.9 Å². The van der Waals surface area contributed by atoms with E-state index in [2.05, 4.69) is 17.3 Å². The minimum Gasteiger partial charge on any atom is -0.434 e. The van der Waals surface area contributed by atoms with E-state index in [1.807, 2.05) is 0 Å². The summed E-state index contributed by atoms with van der Waals surface area (Å²) in [6.45, 7) is 2.95. The molecule has 1 aliphatic carbocycles. The Morgan fingerprint density at radius 3 is 2.48 bits per heavy atom. The maximum atomic E-state index is 13.5. The van der Waals surface area contributed by atoms with E-state index in [0.717, 1.165) is 26.7 Å². The number of ether oxygens (including phenoxy) is 2. The summed E-state index contributed by atoms with van der Waals surface area (Å²) in [4.78, 5) is 13.2. The van der Waals surface area contributed by atoms with Crippen molar-refractivity contribution in [1.82, 2.24) is 15.1 Å². The maximum absolute atomic E-state index is 13.5. The molecule has 3 rings (SSSR count). The number of benzene rings is 1. The third-order valence-corrected chi connectivity index (χ3v) is 7.63. The number of hydrogen-bond donors (Lipinski definition) is 2. The van der Waals surface area contributed by atoms with Crippen LogP contribution < -0.4 is 10.1 Å². The molecule has 2 aromatic rings. The molecule has 1 aromatic heterocycles. The zero-order valence-electron chi connectivity index (χ0n) is 23.5. The standard InChI is InChI=1S/C28H38F5N3O4/c1-17-8-10-27(38,11-9-17)16-34-24(37)22-18(2)23(36(35-22)12-13-39-5)20-7-6-19(14-21(20)40-25(29)30)15-26(3,4)28(31,32)33/h6-7,14,17,25,38H,8-13,15-16H2,1-5H3,(H,34,37). The molecule has 40 heavy (non-hydrogen) atoms. The fourth-order valence-electron chi connectivity index (χ4n) is 4.93. The van der Waals surface area contributed by atoms with Gasteiger partial charge in [-0.1, -0.05) is 26.8 Å². The van der Waals surface area contributed by atoms with Crippen LogP contribution in [0.5, 0.6) is 5.75 Å². The van der Waals surface area contributed by atoms with Crippen molar-refractivity contribution in [3.8, 4) is 17.0 Å². The van der Waals surface area contributed by atoms with Crippen LogP contribution in [0.1, 0.15) is 68.1 Å². The highest BCUT2D eigenvalue weighted by Gasteiger charge is 2.47. The van der Waals surface area contributed by atoms with Gasteiger partial charge in [-0.3, -0.25) is 9.48 Å². The molecule has 1 heterocycles. The van der Waals surface area contributed by atoms with Crippen molar-refractivity contribution in [3.63, 3.8) is 0 Å². The summed E-state index contributed by atoms with van der Waals surface area (Å²) in [6, 6.07) is 4.00. The SMILES string of the molecule is COCCn1nc(C(=O)NCC2(O)CCC(C)CC2)c(C)c1-c1ccc(CC(C)(C)C(F)(F)F)cc1OC(F)F. The van der Waals surface area contributed by atoms with E-state index >= 15 is 0 Å². The Morgan fingerprint density at radius 2 is 1.90 bits per heavy atom. The number of carbonyl (C=O) groups is 1. The predicted molar refractivity (Wildman–Crippen MR) is 139 cm³/mol. The van der Waals surface area contributed by atoms with Gasteiger partial charge in [0.2, 0.25) is 0 Å². The first-order valence-corrected chi connectivity index (χ1v) is 13.3. The van der Waals surface area contributed by atoms with Crippen LogP contribution in [0.25, 0.3) is 11.3 Å². The molecule has 1 aromatic carbocycles. The Morgan fingerprint density at radius 1 is 1.25 bits per heavy atom. The number of aliphatic hydroxyl groups is 1. The number of nitrogens with one attached hydrogen (secondary N) is 1. The summed E-state index contributed by atoms with van der Waals surface area (Å²) >= 11 is 0. The first kappa shape index (κ1) is 31.8. The van der Waals surface area contributed by atoms with E-state index in [9.17, 15) is 31.9 Å². The van der Waals surface area contributed by atoms with Crippen LogP contribution in [-0.2, 0) is 17.7 Å². The molecule has 1 fully saturated rings. The molecule has 1 amide bonds. The molecule has 0 radical (unpaired) electrons. The van der Waals surface area contributed by atoms with Gasteiger partial charge in [-0.25, -0.2) is 0 Å². The van der Waals surface area contributed by atoms with Gasteiger partial charge in [0, 0.05) is 24.8 Å². The first-order valence-electron chi connectivity index (χ1n) is 13.3. The van der Waals surface area contributed by atoms with Gasteiger partial charge in [-0.15, -0.1) is 0 Å². The predicted octanol–water partition coefficient (Wildman–Crippen LogP) is 5.91. The van der Waals surface area contributed by atoms with E-state index in [0.29, 0.717) is 30.0 Å². The molecule has 1 aliphatic rings. The van der Waals surface area contributed by atoms with Crippen LogP contribution in [0.2, 0.25) is 0 Å². The fraction of sp³-hybridized carbons (Fsp3) is 0.643. The summed E-state index contributed by atoms with van der Waals surface area (Å²) in [5.41, 5.74) is -2.12. The summed E-state index contributed by atoms with van der Waals surface area (Å²) in [5, 5.41) is 18.0. The van der Waals surface area contributed by atoms with Crippen LogP contribution in [0.15, 0.2) is 18.2 Å². The van der Waals surface area contributed by atoms with Crippen molar-refractivity contribution in [3.05, 3.63) is 35.0 Å². The molecule has 1 saturated carbocycles. The number of methoxy groups -OCH3 is 1. The van der Waals surface area contributed by atoms with Crippen molar-refractivity contribution < 1.29 is 41.3 Å². The second kappa shape index (κ2) is 12.4. The minimum absolute atomic E-state index is 0.0316. The lowest BCUT2D eigenvalue weighted by Gasteiger charge is -2.34. The third kappa shape index (κ3) is 7.51. The zero-order chi connectivity index (χ0) is 29.9. The normalized spacial score (nSPS) is 20.1. The molecule has 0 saturated heterocycles. The van der Waals surface area contributed by atoms with E-state index < -0.39 is 36.1 Å². The monoisotopic (exact) mass is 575 g/mol. The molecular formula is C28H38F5N3O4. The first-order chi connectivity index (χ1) is 18.6. The van der Waals surface area contributed by atoms with Crippen molar-refractivity contribution in [1.29, 1.82) is 0 Å². The molecule has 12 heteroatoms. The van der Waals surface area contributed by atoms with Gasteiger partial charge in [0.1, 0.15) is 5.75 Å². The Hall–Kier alpha value is -2.73. The van der Waals surface area contributed by atoms with E-state index in [1.165, 1.54) is 30.0 Å². The largest absolute Gasteiger partial charge is 0.434 e. The number of carbonyl (C=O) groups excluding carboxylic acids is 1. The van der Waals surface area contributed by atoms with Crippen LogP contribution in [-0.4, -0.2) is 59.4 Å². The van der Waals surface area contributed by atoms with Crippen LogP contribution in [0.3, 0.4) is 0 Å². The van der Waals surface area contributed by atoms with Gasteiger partial charge in [-0.2, -0.15) is 27.1 Å². The summed E-state index contributed by atoms with van der Waals surface area (Å²) in [6.07, 6.45) is -2.13. The Labute approximate surface area is 231 Å². The quantitative estimate of drug-likeness (QED) is 0.326. The van der Waals surface area contributed by atoms with E-state index in [-0.39, 0.29) is 42.3 Å². The Bertz CT molecular complexity index is 1170. The minimum atomic E-state index is -4.50. The Kier molecular flexibility index (Phi) is 9.87. The number of halogens is 5. The number of hydrogen-bond acceptors (Lipinski definition) is 5. The number of alkyl halides is 5. The average molecular weight is 576 g/mol. The lowest BCUT2D eigenvalue weighted by molar-refractivity contribution is -0.211. The van der Waals surface area contributed by atoms with Crippen molar-refractivity contribution >= 4 is 5.91 Å². The second-order valence-corrected chi connectivity index (χ2v) is 11.4. The summed E-state index contributed by atoms with van der Waals surface area (Å²) < 4.78 is 78.6. The number of amides is 1. The van der Waals surface area contributed by atoms with Gasteiger partial charge in [0.15, 0.2) is 5.69 Å². The van der Waals surface area contributed by atoms with Gasteiger partial charge < -0.3 is 19.9 Å². The van der Waals surface area contributed by atoms with E-state index in [4.69, 9.17) is 9.47 Å². The molecule has 0 unspecified atom stereocenters. The maximum Gasteiger partial charge on any atom is 0.394 e. The molecule has 0 atom stereocenters. The van der Waals surface area contributed by atoms with Crippen molar-refractivity contribution in [2.45, 2.75) is 84.7 Å². The lowest BCUT2D eigenvalue weighted by atomic mass is 9.79. The third-order valence-electron chi connectivity index (χ3n) is 7.63.